The second kappa shape index (κ2) is 4.80. The second-order valence-corrected chi connectivity index (χ2v) is 5.35. The standard InChI is InChI=1S/C15H14FN3O4/c1-7-11(12(20)23-3)15(18-14(22)17-7)9-5-4-8(16)6-10(9)19(2)13(15)21/h4-6H,1-3H3,(H2,17,18,22). The van der Waals surface area contributed by atoms with Gasteiger partial charge in [-0.25, -0.2) is 14.0 Å². The van der Waals surface area contributed by atoms with Gasteiger partial charge in [0.05, 0.1) is 18.4 Å². The number of nitrogens with zero attached hydrogens (tertiary/aromatic N) is 1. The molecule has 0 radical (unpaired) electrons. The molecule has 23 heavy (non-hydrogen) atoms. The minimum atomic E-state index is -1.72. The van der Waals surface area contributed by atoms with Gasteiger partial charge >= 0.3 is 12.0 Å². The Balaban J connectivity index is 2.35. The Hall–Kier alpha value is -2.90. The van der Waals surface area contributed by atoms with Crippen LogP contribution in [0.1, 0.15) is 12.5 Å². The zero-order valence-electron chi connectivity index (χ0n) is 12.7. The lowest BCUT2D eigenvalue weighted by Gasteiger charge is -2.35. The van der Waals surface area contributed by atoms with Crippen LogP contribution in [0.15, 0.2) is 29.5 Å². The first-order valence-corrected chi connectivity index (χ1v) is 6.80. The Morgan fingerprint density at radius 2 is 2.04 bits per heavy atom. The lowest BCUT2D eigenvalue weighted by molar-refractivity contribution is -0.139. The number of hydrogen-bond donors (Lipinski definition) is 2. The summed E-state index contributed by atoms with van der Waals surface area (Å²) in [5.41, 5.74) is -0.939. The summed E-state index contributed by atoms with van der Waals surface area (Å²) in [5, 5.41) is 4.98. The number of carbonyl (C=O) groups excluding carboxylic acids is 3. The van der Waals surface area contributed by atoms with Gasteiger partial charge in [0.2, 0.25) is 0 Å². The van der Waals surface area contributed by atoms with Crippen LogP contribution in [0.25, 0.3) is 0 Å². The number of likely N-dealkylation sites (N-methyl/N-ethyl adjacent to an activating group) is 1. The number of nitrogens with one attached hydrogen (secondary N) is 2. The highest BCUT2D eigenvalue weighted by atomic mass is 19.1. The van der Waals surface area contributed by atoms with E-state index in [1.54, 1.807) is 0 Å². The van der Waals surface area contributed by atoms with E-state index in [9.17, 15) is 18.8 Å². The van der Waals surface area contributed by atoms with Crippen LogP contribution in [0.4, 0.5) is 14.9 Å². The number of carbonyl (C=O) groups is 3. The Labute approximate surface area is 131 Å². The number of esters is 1. The van der Waals surface area contributed by atoms with E-state index in [0.717, 1.165) is 0 Å². The third-order valence-electron chi connectivity index (χ3n) is 4.09. The molecule has 3 rings (SSSR count). The van der Waals surface area contributed by atoms with Crippen LogP contribution >= 0.6 is 0 Å². The molecule has 0 fully saturated rings. The fourth-order valence-corrected chi connectivity index (χ4v) is 3.12. The Bertz CT molecular complexity index is 789. The smallest absolute Gasteiger partial charge is 0.338 e. The molecule has 2 N–H and O–H groups in total. The number of halogens is 1. The predicted molar refractivity (Wildman–Crippen MR) is 77.9 cm³/mol. The van der Waals surface area contributed by atoms with Crippen molar-refractivity contribution >= 4 is 23.6 Å². The molecule has 7 nitrogen and oxygen atoms in total. The highest BCUT2D eigenvalue weighted by Crippen LogP contribution is 2.46. The summed E-state index contributed by atoms with van der Waals surface area (Å²) in [6, 6.07) is 3.11. The van der Waals surface area contributed by atoms with Crippen LogP contribution in [0.3, 0.4) is 0 Å². The number of hydrogen-bond acceptors (Lipinski definition) is 4. The van der Waals surface area contributed by atoms with Crippen LogP contribution in [0, 0.1) is 5.82 Å². The fraction of sp³-hybridized carbons (Fsp3) is 0.267. The zero-order chi connectivity index (χ0) is 16.9. The van der Waals surface area contributed by atoms with Crippen molar-refractivity contribution in [1.82, 2.24) is 10.6 Å². The number of methoxy groups -OCH3 is 1. The maximum atomic E-state index is 13.6. The number of ether oxygens (including phenoxy) is 1. The minimum Gasteiger partial charge on any atom is -0.466 e. The van der Waals surface area contributed by atoms with Crippen molar-refractivity contribution in [3.05, 3.63) is 40.8 Å². The van der Waals surface area contributed by atoms with Crippen molar-refractivity contribution in [2.45, 2.75) is 12.5 Å². The molecule has 1 atom stereocenters. The molecule has 0 aliphatic carbocycles. The normalized spacial score (nSPS) is 22.9. The highest BCUT2D eigenvalue weighted by Gasteiger charge is 2.58. The third-order valence-corrected chi connectivity index (χ3v) is 4.09. The quantitative estimate of drug-likeness (QED) is 0.748. The van der Waals surface area contributed by atoms with E-state index < -0.39 is 29.3 Å². The van der Waals surface area contributed by atoms with Crippen molar-refractivity contribution < 1.29 is 23.5 Å². The van der Waals surface area contributed by atoms with Gasteiger partial charge in [-0.2, -0.15) is 0 Å². The van der Waals surface area contributed by atoms with E-state index in [2.05, 4.69) is 10.6 Å². The summed E-state index contributed by atoms with van der Waals surface area (Å²) in [6.45, 7) is 1.50. The maximum absolute atomic E-state index is 13.6. The van der Waals surface area contributed by atoms with Crippen LogP contribution in [-0.2, 0) is 19.9 Å². The molecule has 2 heterocycles. The number of fused-ring (bicyclic) bond motifs is 2. The molecule has 0 bridgehead atoms. The Morgan fingerprint density at radius 1 is 1.35 bits per heavy atom. The predicted octanol–water partition coefficient (Wildman–Crippen LogP) is 0.757. The third kappa shape index (κ3) is 1.84. The Morgan fingerprint density at radius 3 is 2.70 bits per heavy atom. The molecule has 2 aliphatic rings. The van der Waals surface area contributed by atoms with E-state index >= 15 is 0 Å². The van der Waals surface area contributed by atoms with Gasteiger partial charge in [-0.05, 0) is 19.1 Å². The molecule has 0 aromatic heterocycles. The average Bonchev–Trinajstić information content (AvgIpc) is 2.69. The van der Waals surface area contributed by atoms with Gasteiger partial charge in [-0.1, -0.05) is 6.07 Å². The number of allylic oxidation sites excluding steroid dienone is 1. The van der Waals surface area contributed by atoms with Gasteiger partial charge in [0.1, 0.15) is 5.82 Å². The molecule has 0 saturated carbocycles. The maximum Gasteiger partial charge on any atom is 0.338 e. The molecule has 3 amide bonds. The number of urea groups is 1. The molecular formula is C15H14FN3O4. The van der Waals surface area contributed by atoms with Crippen molar-refractivity contribution in [3.8, 4) is 0 Å². The topological polar surface area (TPSA) is 87.7 Å². The molecule has 1 aromatic rings. The molecule has 1 aromatic carbocycles. The zero-order valence-corrected chi connectivity index (χ0v) is 12.7. The van der Waals surface area contributed by atoms with Gasteiger partial charge in [0, 0.05) is 18.3 Å². The summed E-state index contributed by atoms with van der Waals surface area (Å²) in [6.07, 6.45) is 0. The summed E-state index contributed by atoms with van der Waals surface area (Å²) in [7, 11) is 2.63. The van der Waals surface area contributed by atoms with E-state index in [-0.39, 0.29) is 17.0 Å². The monoisotopic (exact) mass is 319 g/mol. The number of benzene rings is 1. The van der Waals surface area contributed by atoms with E-state index in [0.29, 0.717) is 5.56 Å². The summed E-state index contributed by atoms with van der Waals surface area (Å²) < 4.78 is 18.3. The summed E-state index contributed by atoms with van der Waals surface area (Å²) in [5.74, 6) is -1.84. The largest absolute Gasteiger partial charge is 0.466 e. The first kappa shape index (κ1) is 15.0. The first-order chi connectivity index (χ1) is 10.8. The lowest BCUT2D eigenvalue weighted by atomic mass is 9.81. The van der Waals surface area contributed by atoms with Crippen molar-refractivity contribution in [3.63, 3.8) is 0 Å². The van der Waals surface area contributed by atoms with E-state index in [1.807, 2.05) is 0 Å². The van der Waals surface area contributed by atoms with Gasteiger partial charge in [0.25, 0.3) is 5.91 Å². The first-order valence-electron chi connectivity index (χ1n) is 6.80. The second-order valence-electron chi connectivity index (χ2n) is 5.35. The molecular weight excluding hydrogens is 305 g/mol. The summed E-state index contributed by atoms with van der Waals surface area (Å²) in [4.78, 5) is 38.3. The number of amides is 3. The van der Waals surface area contributed by atoms with Gasteiger partial charge in [0.15, 0.2) is 5.54 Å². The molecule has 2 aliphatic heterocycles. The van der Waals surface area contributed by atoms with Crippen molar-refractivity contribution in [1.29, 1.82) is 0 Å². The minimum absolute atomic E-state index is 0.0261. The fourth-order valence-electron chi connectivity index (χ4n) is 3.12. The molecule has 120 valence electrons. The highest BCUT2D eigenvalue weighted by molar-refractivity contribution is 6.17. The average molecular weight is 319 g/mol. The van der Waals surface area contributed by atoms with Crippen molar-refractivity contribution in [2.24, 2.45) is 0 Å². The van der Waals surface area contributed by atoms with Crippen LogP contribution in [-0.4, -0.2) is 32.1 Å². The van der Waals surface area contributed by atoms with E-state index in [1.165, 1.54) is 44.2 Å². The molecule has 1 unspecified atom stereocenters. The van der Waals surface area contributed by atoms with Crippen LogP contribution in [0.2, 0.25) is 0 Å². The van der Waals surface area contributed by atoms with Crippen LogP contribution in [0.5, 0.6) is 0 Å². The molecule has 0 saturated heterocycles. The lowest BCUT2D eigenvalue weighted by Crippen LogP contribution is -2.61. The number of rotatable bonds is 1. The van der Waals surface area contributed by atoms with Gasteiger partial charge in [-0.3, -0.25) is 4.79 Å². The van der Waals surface area contributed by atoms with E-state index in [4.69, 9.17) is 4.74 Å². The van der Waals surface area contributed by atoms with Crippen molar-refractivity contribution in [2.75, 3.05) is 19.1 Å². The SMILES string of the molecule is COC(=O)C1=C(C)NC(=O)NC12C(=O)N(C)c1cc(F)ccc12. The molecule has 8 heteroatoms. The Kier molecular flexibility index (Phi) is 3.13. The summed E-state index contributed by atoms with van der Waals surface area (Å²) >= 11 is 0. The van der Waals surface area contributed by atoms with Gasteiger partial charge < -0.3 is 20.3 Å². The van der Waals surface area contributed by atoms with Gasteiger partial charge in [-0.15, -0.1) is 0 Å². The molecule has 1 spiro atoms. The van der Waals surface area contributed by atoms with Crippen LogP contribution < -0.4 is 15.5 Å². The number of anilines is 1.